The molecule has 96 valence electrons. The van der Waals surface area contributed by atoms with Crippen molar-refractivity contribution in [2.24, 2.45) is 0 Å². The van der Waals surface area contributed by atoms with Crippen molar-refractivity contribution < 1.29 is 21.6 Å². The van der Waals surface area contributed by atoms with Crippen LogP contribution in [0, 0.1) is 0 Å². The van der Waals surface area contributed by atoms with Crippen LogP contribution in [0.5, 0.6) is 0 Å². The molecule has 0 aromatic rings. The fourth-order valence-electron chi connectivity index (χ4n) is 1.27. The summed E-state index contributed by atoms with van der Waals surface area (Å²) in [5, 5.41) is 0. The number of carbonyl (C=O) groups is 2. The van der Waals surface area contributed by atoms with Crippen LogP contribution < -0.4 is 0 Å². The number of hydrogen-bond acceptors (Lipinski definition) is 5. The molecule has 1 aliphatic heterocycles. The van der Waals surface area contributed by atoms with Gasteiger partial charge in [0.2, 0.25) is 0 Å². The second-order valence-corrected chi connectivity index (χ2v) is 5.21. The summed E-state index contributed by atoms with van der Waals surface area (Å²) in [6.07, 6.45) is 2.90. The third-order valence-corrected chi connectivity index (χ3v) is 4.04. The average molecular weight is 373 g/mol. The molecule has 0 N–H and O–H groups in total. The van der Waals surface area contributed by atoms with Crippen molar-refractivity contribution in [3.63, 3.8) is 0 Å². The molecule has 1 atom stereocenters. The standard InChI is InChI=1S/C9H12INO5S/c10-16-9(13)3-2-8(12)15-6-5-11-4-1-7-17(11)14/h2-3H,1,4-7H2/b3-2+. The Balaban J connectivity index is 2.18. The molecule has 8 heteroatoms. The Kier molecular flexibility index (Phi) is 6.66. The minimum absolute atomic E-state index is 0.161. The highest BCUT2D eigenvalue weighted by Crippen LogP contribution is 2.07. The Hall–Kier alpha value is -0.480. The first-order valence-electron chi connectivity index (χ1n) is 4.94. The van der Waals surface area contributed by atoms with Gasteiger partial charge in [-0.15, -0.1) is 0 Å². The molecule has 1 aliphatic rings. The lowest BCUT2D eigenvalue weighted by Gasteiger charge is -2.12. The van der Waals surface area contributed by atoms with Gasteiger partial charge in [0, 0.05) is 31.0 Å². The molecule has 0 aromatic heterocycles. The molecule has 0 aliphatic carbocycles. The Morgan fingerprint density at radius 2 is 2.06 bits per heavy atom. The number of carbonyl (C=O) groups excluding carboxylic acids is 2. The van der Waals surface area contributed by atoms with Gasteiger partial charge in [0.05, 0.1) is 11.0 Å². The highest BCUT2D eigenvalue weighted by atomic mass is 127. The van der Waals surface area contributed by atoms with E-state index < -0.39 is 22.9 Å². The van der Waals surface area contributed by atoms with Gasteiger partial charge in [-0.2, -0.15) is 0 Å². The van der Waals surface area contributed by atoms with Crippen molar-refractivity contribution in [1.82, 2.24) is 4.31 Å². The van der Waals surface area contributed by atoms with E-state index in [-0.39, 0.29) is 6.61 Å². The molecular formula is C9H12INO5S. The van der Waals surface area contributed by atoms with E-state index >= 15 is 0 Å². The fourth-order valence-corrected chi connectivity index (χ4v) is 2.66. The van der Waals surface area contributed by atoms with Crippen molar-refractivity contribution in [3.8, 4) is 0 Å². The molecule has 6 nitrogen and oxygen atoms in total. The lowest BCUT2D eigenvalue weighted by Crippen LogP contribution is -2.26. The highest BCUT2D eigenvalue weighted by molar-refractivity contribution is 14.1. The van der Waals surface area contributed by atoms with Crippen LogP contribution in [0.25, 0.3) is 0 Å². The molecule has 0 spiro atoms. The van der Waals surface area contributed by atoms with Gasteiger partial charge in [-0.1, -0.05) is 0 Å². The van der Waals surface area contributed by atoms with Crippen LogP contribution >= 0.6 is 23.0 Å². The van der Waals surface area contributed by atoms with Crippen molar-refractivity contribution in [2.45, 2.75) is 6.42 Å². The number of ether oxygens (including phenoxy) is 1. The number of rotatable bonds is 5. The predicted octanol–water partition coefficient (Wildman–Crippen LogP) is 0.348. The first-order chi connectivity index (χ1) is 8.13. The largest absolute Gasteiger partial charge is 0.461 e. The van der Waals surface area contributed by atoms with E-state index in [2.05, 4.69) is 3.07 Å². The Morgan fingerprint density at radius 3 is 2.65 bits per heavy atom. The maximum atomic E-state index is 11.3. The van der Waals surface area contributed by atoms with Gasteiger partial charge in [0.1, 0.15) is 6.61 Å². The predicted molar refractivity (Wildman–Crippen MR) is 69.4 cm³/mol. The molecule has 1 unspecified atom stereocenters. The third kappa shape index (κ3) is 5.59. The van der Waals surface area contributed by atoms with Gasteiger partial charge in [-0.25, -0.2) is 18.1 Å². The van der Waals surface area contributed by atoms with Crippen LogP contribution in [-0.4, -0.2) is 45.9 Å². The van der Waals surface area contributed by atoms with Gasteiger partial charge in [-0.3, -0.25) is 0 Å². The first-order valence-corrected chi connectivity index (χ1v) is 7.10. The second kappa shape index (κ2) is 7.77. The first kappa shape index (κ1) is 14.6. The van der Waals surface area contributed by atoms with Gasteiger partial charge in [0.25, 0.3) is 0 Å². The van der Waals surface area contributed by atoms with E-state index in [9.17, 15) is 13.8 Å². The van der Waals surface area contributed by atoms with E-state index in [4.69, 9.17) is 4.74 Å². The normalized spacial score (nSPS) is 20.6. The molecule has 0 bridgehead atoms. The van der Waals surface area contributed by atoms with E-state index in [0.29, 0.717) is 12.3 Å². The number of halogens is 1. The monoisotopic (exact) mass is 373 g/mol. The van der Waals surface area contributed by atoms with Gasteiger partial charge < -0.3 is 7.80 Å². The number of esters is 1. The summed E-state index contributed by atoms with van der Waals surface area (Å²) in [6, 6.07) is 0. The summed E-state index contributed by atoms with van der Waals surface area (Å²) >= 11 is 1.42. The summed E-state index contributed by atoms with van der Waals surface area (Å²) in [4.78, 5) is 21.8. The third-order valence-electron chi connectivity index (χ3n) is 2.03. The zero-order valence-electron chi connectivity index (χ0n) is 8.96. The van der Waals surface area contributed by atoms with Crippen LogP contribution in [0.4, 0.5) is 0 Å². The van der Waals surface area contributed by atoms with Crippen LogP contribution in [0.3, 0.4) is 0 Å². The van der Waals surface area contributed by atoms with Crippen LogP contribution in [0.15, 0.2) is 12.2 Å². The van der Waals surface area contributed by atoms with E-state index in [0.717, 1.165) is 25.1 Å². The molecule has 0 amide bonds. The summed E-state index contributed by atoms with van der Waals surface area (Å²) < 4.78 is 22.2. The lowest BCUT2D eigenvalue weighted by molar-refractivity contribution is -0.138. The SMILES string of the molecule is O=C(/C=C/C(=O)OCCN1CCCS1=O)OI. The second-order valence-electron chi connectivity index (χ2n) is 3.21. The van der Waals surface area contributed by atoms with E-state index in [1.54, 1.807) is 4.31 Å². The Labute approximate surface area is 116 Å². The minimum Gasteiger partial charge on any atom is -0.461 e. The van der Waals surface area contributed by atoms with Crippen LogP contribution in [0.1, 0.15) is 6.42 Å². The molecule has 0 aromatic carbocycles. The summed E-state index contributed by atoms with van der Waals surface area (Å²) in [7, 11) is -0.939. The molecule has 1 saturated heterocycles. The quantitative estimate of drug-likeness (QED) is 0.395. The molecule has 1 fully saturated rings. The van der Waals surface area contributed by atoms with E-state index in [1.807, 2.05) is 0 Å². The molecule has 0 saturated carbocycles. The minimum atomic E-state index is -0.939. The van der Waals surface area contributed by atoms with Gasteiger partial charge in [0.15, 0.2) is 23.0 Å². The molecular weight excluding hydrogens is 361 g/mol. The Morgan fingerprint density at radius 1 is 1.35 bits per heavy atom. The van der Waals surface area contributed by atoms with Gasteiger partial charge >= 0.3 is 11.9 Å². The van der Waals surface area contributed by atoms with Gasteiger partial charge in [-0.05, 0) is 6.42 Å². The van der Waals surface area contributed by atoms with Crippen LogP contribution in [0.2, 0.25) is 0 Å². The van der Waals surface area contributed by atoms with Crippen molar-refractivity contribution in [1.29, 1.82) is 0 Å². The smallest absolute Gasteiger partial charge is 0.340 e. The van der Waals surface area contributed by atoms with Crippen molar-refractivity contribution >= 4 is 45.9 Å². The van der Waals surface area contributed by atoms with Crippen molar-refractivity contribution in [2.75, 3.05) is 25.4 Å². The average Bonchev–Trinajstić information content (AvgIpc) is 2.72. The summed E-state index contributed by atoms with van der Waals surface area (Å²) in [6.45, 7) is 1.37. The van der Waals surface area contributed by atoms with Crippen molar-refractivity contribution in [3.05, 3.63) is 12.2 Å². The highest BCUT2D eigenvalue weighted by Gasteiger charge is 2.19. The lowest BCUT2D eigenvalue weighted by atomic mass is 10.5. The van der Waals surface area contributed by atoms with E-state index in [1.165, 1.54) is 23.0 Å². The maximum absolute atomic E-state index is 11.3. The molecule has 0 radical (unpaired) electrons. The van der Waals surface area contributed by atoms with Crippen LogP contribution in [-0.2, 0) is 28.4 Å². The summed E-state index contributed by atoms with van der Waals surface area (Å²) in [5.74, 6) is -0.560. The Bertz CT molecular complexity index is 346. The number of hydrogen-bond donors (Lipinski definition) is 0. The summed E-state index contributed by atoms with van der Waals surface area (Å²) in [5.41, 5.74) is 0. The molecule has 1 heterocycles. The molecule has 17 heavy (non-hydrogen) atoms. The zero-order valence-corrected chi connectivity index (χ0v) is 11.9. The topological polar surface area (TPSA) is 72.9 Å². The zero-order chi connectivity index (χ0) is 12.7. The fraction of sp³-hybridized carbons (Fsp3) is 0.556. The maximum Gasteiger partial charge on any atom is 0.340 e. The molecule has 1 rings (SSSR count). The number of nitrogens with zero attached hydrogens (tertiary/aromatic N) is 1.